The molecule has 0 bridgehead atoms. The molecule has 0 amide bonds. The van der Waals surface area contributed by atoms with Crippen molar-refractivity contribution in [3.63, 3.8) is 0 Å². The molecule has 0 fully saturated rings. The second-order valence-electron chi connectivity index (χ2n) is 4.45. The molecular formula is C13H20N2O. The van der Waals surface area contributed by atoms with Crippen LogP contribution >= 0.6 is 0 Å². The van der Waals surface area contributed by atoms with Crippen molar-refractivity contribution in [1.29, 1.82) is 0 Å². The van der Waals surface area contributed by atoms with E-state index in [1.165, 1.54) is 17.8 Å². The molecule has 0 saturated carbocycles. The fourth-order valence-corrected chi connectivity index (χ4v) is 2.15. The van der Waals surface area contributed by atoms with Gasteiger partial charge in [0, 0.05) is 25.2 Å². The molecule has 1 aliphatic rings. The zero-order valence-electron chi connectivity index (χ0n) is 10.3. The number of fused-ring (bicyclic) bond motifs is 1. The van der Waals surface area contributed by atoms with E-state index in [2.05, 4.69) is 36.2 Å². The van der Waals surface area contributed by atoms with Crippen LogP contribution in [0.4, 0.5) is 11.4 Å². The van der Waals surface area contributed by atoms with Crippen LogP contribution in [0.25, 0.3) is 0 Å². The number of hydrogen-bond acceptors (Lipinski definition) is 3. The normalized spacial score (nSPS) is 15.4. The first-order chi connectivity index (χ1) is 7.72. The van der Waals surface area contributed by atoms with Gasteiger partial charge in [-0.2, -0.15) is 0 Å². The van der Waals surface area contributed by atoms with Gasteiger partial charge >= 0.3 is 0 Å². The number of rotatable bonds is 2. The number of nitrogens with zero attached hydrogens (tertiary/aromatic N) is 1. The van der Waals surface area contributed by atoms with Gasteiger partial charge in [-0.25, -0.2) is 0 Å². The van der Waals surface area contributed by atoms with E-state index in [1.54, 1.807) is 7.11 Å². The summed E-state index contributed by atoms with van der Waals surface area (Å²) in [7, 11) is 1.71. The largest absolute Gasteiger partial charge is 0.497 e. The van der Waals surface area contributed by atoms with Crippen LogP contribution in [0.1, 0.15) is 20.3 Å². The molecule has 2 rings (SSSR count). The highest BCUT2D eigenvalue weighted by Gasteiger charge is 2.17. The maximum atomic E-state index is 5.29. The van der Waals surface area contributed by atoms with E-state index >= 15 is 0 Å². The molecule has 1 aliphatic heterocycles. The minimum absolute atomic E-state index is 0.519. The average molecular weight is 220 g/mol. The lowest BCUT2D eigenvalue weighted by Gasteiger charge is -2.28. The molecule has 1 N–H and O–H groups in total. The van der Waals surface area contributed by atoms with Gasteiger partial charge in [-0.3, -0.25) is 0 Å². The van der Waals surface area contributed by atoms with Crippen LogP contribution in [0.2, 0.25) is 0 Å². The van der Waals surface area contributed by atoms with Crippen LogP contribution in [-0.2, 0) is 0 Å². The minimum atomic E-state index is 0.519. The third-order valence-electron chi connectivity index (χ3n) is 3.03. The first-order valence-electron chi connectivity index (χ1n) is 5.91. The molecular weight excluding hydrogens is 200 g/mol. The first kappa shape index (κ1) is 11.1. The lowest BCUT2D eigenvalue weighted by Crippen LogP contribution is -2.31. The number of benzene rings is 1. The van der Waals surface area contributed by atoms with Crippen molar-refractivity contribution in [2.24, 2.45) is 0 Å². The molecule has 0 atom stereocenters. The molecule has 3 nitrogen and oxygen atoms in total. The van der Waals surface area contributed by atoms with Crippen molar-refractivity contribution in [3.05, 3.63) is 18.2 Å². The van der Waals surface area contributed by atoms with E-state index in [0.717, 1.165) is 18.8 Å². The van der Waals surface area contributed by atoms with E-state index in [0.29, 0.717) is 6.04 Å². The lowest BCUT2D eigenvalue weighted by atomic mass is 10.2. The first-order valence-corrected chi connectivity index (χ1v) is 5.91. The molecule has 0 aliphatic carbocycles. The zero-order valence-corrected chi connectivity index (χ0v) is 10.3. The van der Waals surface area contributed by atoms with Gasteiger partial charge in [-0.15, -0.1) is 0 Å². The predicted octanol–water partition coefficient (Wildman–Crippen LogP) is 2.73. The Morgan fingerprint density at radius 1 is 1.38 bits per heavy atom. The summed E-state index contributed by atoms with van der Waals surface area (Å²) < 4.78 is 5.29. The molecule has 3 heteroatoms. The Morgan fingerprint density at radius 2 is 2.19 bits per heavy atom. The predicted molar refractivity (Wildman–Crippen MR) is 68.6 cm³/mol. The van der Waals surface area contributed by atoms with Crippen LogP contribution in [0.15, 0.2) is 18.2 Å². The number of anilines is 2. The summed E-state index contributed by atoms with van der Waals surface area (Å²) in [6.45, 7) is 6.61. The van der Waals surface area contributed by atoms with Crippen LogP contribution in [-0.4, -0.2) is 26.2 Å². The second-order valence-corrected chi connectivity index (χ2v) is 4.45. The zero-order chi connectivity index (χ0) is 11.5. The molecule has 0 unspecified atom stereocenters. The topological polar surface area (TPSA) is 24.5 Å². The van der Waals surface area contributed by atoms with Gasteiger partial charge in [0.25, 0.3) is 0 Å². The number of methoxy groups -OCH3 is 1. The number of hydrogen-bond donors (Lipinski definition) is 1. The SMILES string of the molecule is COc1ccc2c(c1)N(C(C)C)CCCN2. The van der Waals surface area contributed by atoms with Crippen LogP contribution in [0.3, 0.4) is 0 Å². The quantitative estimate of drug-likeness (QED) is 0.829. The van der Waals surface area contributed by atoms with Crippen LogP contribution in [0, 0.1) is 0 Å². The van der Waals surface area contributed by atoms with Gasteiger partial charge in [-0.05, 0) is 32.4 Å². The highest BCUT2D eigenvalue weighted by molar-refractivity contribution is 5.73. The van der Waals surface area contributed by atoms with Crippen molar-refractivity contribution in [1.82, 2.24) is 0 Å². The summed E-state index contributed by atoms with van der Waals surface area (Å²) in [5.41, 5.74) is 2.47. The van der Waals surface area contributed by atoms with Crippen LogP contribution in [0.5, 0.6) is 5.75 Å². The second kappa shape index (κ2) is 4.64. The highest BCUT2D eigenvalue weighted by atomic mass is 16.5. The van der Waals surface area contributed by atoms with Crippen LogP contribution < -0.4 is 15.0 Å². The van der Waals surface area contributed by atoms with Crippen molar-refractivity contribution in [2.45, 2.75) is 26.3 Å². The number of nitrogens with one attached hydrogen (secondary N) is 1. The third kappa shape index (κ3) is 2.08. The Bertz CT molecular complexity index is 363. The van der Waals surface area contributed by atoms with Crippen molar-refractivity contribution < 1.29 is 4.74 Å². The maximum Gasteiger partial charge on any atom is 0.121 e. The average Bonchev–Trinajstić information content (AvgIpc) is 2.49. The summed E-state index contributed by atoms with van der Waals surface area (Å²) >= 11 is 0. The summed E-state index contributed by atoms with van der Waals surface area (Å²) in [6, 6.07) is 6.75. The molecule has 1 aromatic carbocycles. The van der Waals surface area contributed by atoms with Gasteiger partial charge in [0.05, 0.1) is 18.5 Å². The van der Waals surface area contributed by atoms with Gasteiger partial charge in [0.15, 0.2) is 0 Å². The molecule has 1 heterocycles. The molecule has 0 radical (unpaired) electrons. The monoisotopic (exact) mass is 220 g/mol. The number of ether oxygens (including phenoxy) is 1. The highest BCUT2D eigenvalue weighted by Crippen LogP contribution is 2.33. The Morgan fingerprint density at radius 3 is 2.88 bits per heavy atom. The Kier molecular flexibility index (Phi) is 3.22. The van der Waals surface area contributed by atoms with E-state index in [-0.39, 0.29) is 0 Å². The van der Waals surface area contributed by atoms with Gasteiger partial charge < -0.3 is 15.0 Å². The third-order valence-corrected chi connectivity index (χ3v) is 3.03. The van der Waals surface area contributed by atoms with E-state index in [9.17, 15) is 0 Å². The maximum absolute atomic E-state index is 5.29. The molecule has 0 spiro atoms. The van der Waals surface area contributed by atoms with E-state index < -0.39 is 0 Å². The van der Waals surface area contributed by atoms with Crippen molar-refractivity contribution in [2.75, 3.05) is 30.4 Å². The lowest BCUT2D eigenvalue weighted by molar-refractivity contribution is 0.415. The summed E-state index contributed by atoms with van der Waals surface area (Å²) in [5.74, 6) is 0.924. The molecule has 0 saturated heterocycles. The molecule has 16 heavy (non-hydrogen) atoms. The van der Waals surface area contributed by atoms with Gasteiger partial charge in [0.2, 0.25) is 0 Å². The van der Waals surface area contributed by atoms with Crippen molar-refractivity contribution in [3.8, 4) is 5.75 Å². The van der Waals surface area contributed by atoms with Crippen molar-refractivity contribution >= 4 is 11.4 Å². The fraction of sp³-hybridized carbons (Fsp3) is 0.538. The standard InChI is InChI=1S/C13H20N2O/c1-10(2)15-8-4-7-14-12-6-5-11(16-3)9-13(12)15/h5-6,9-10,14H,4,7-8H2,1-3H3. The van der Waals surface area contributed by atoms with Gasteiger partial charge in [0.1, 0.15) is 5.75 Å². The molecule has 0 aromatic heterocycles. The Balaban J connectivity index is 2.41. The minimum Gasteiger partial charge on any atom is -0.497 e. The Hall–Kier alpha value is -1.38. The van der Waals surface area contributed by atoms with E-state index in [4.69, 9.17) is 4.74 Å². The smallest absolute Gasteiger partial charge is 0.121 e. The van der Waals surface area contributed by atoms with E-state index in [1.807, 2.05) is 6.07 Å². The fourth-order valence-electron chi connectivity index (χ4n) is 2.15. The van der Waals surface area contributed by atoms with Gasteiger partial charge in [-0.1, -0.05) is 0 Å². The molecule has 1 aromatic rings. The molecule has 88 valence electrons. The summed E-state index contributed by atoms with van der Waals surface area (Å²) in [5, 5.41) is 3.46. The summed E-state index contributed by atoms with van der Waals surface area (Å²) in [4.78, 5) is 2.43. The Labute approximate surface area is 97.4 Å². The summed E-state index contributed by atoms with van der Waals surface area (Å²) in [6.07, 6.45) is 1.18.